The molecule has 0 aliphatic carbocycles. The Kier molecular flexibility index (Phi) is 3.35. The van der Waals surface area contributed by atoms with Gasteiger partial charge in [-0.15, -0.1) is 0 Å². The summed E-state index contributed by atoms with van der Waals surface area (Å²) in [6.45, 7) is 1.54. The highest BCUT2D eigenvalue weighted by Gasteiger charge is 2.52. The van der Waals surface area contributed by atoms with Crippen molar-refractivity contribution in [3.05, 3.63) is 12.2 Å². The van der Waals surface area contributed by atoms with Crippen molar-refractivity contribution in [2.75, 3.05) is 13.2 Å². The third-order valence-corrected chi connectivity index (χ3v) is 4.80. The number of fused-ring (bicyclic) bond motifs is 2. The minimum absolute atomic E-state index is 0.00158. The van der Waals surface area contributed by atoms with E-state index < -0.39 is 11.9 Å². The first-order chi connectivity index (χ1) is 9.77. The van der Waals surface area contributed by atoms with Crippen LogP contribution in [-0.4, -0.2) is 54.6 Å². The number of rotatable bonds is 0. The molecule has 0 aromatic heterocycles. The van der Waals surface area contributed by atoms with Crippen molar-refractivity contribution in [2.45, 2.75) is 68.4 Å². The lowest BCUT2D eigenvalue weighted by Gasteiger charge is -2.51. The second-order valence-corrected chi connectivity index (χ2v) is 6.17. The molecule has 20 heavy (non-hydrogen) atoms. The predicted molar refractivity (Wildman–Crippen MR) is 70.2 cm³/mol. The van der Waals surface area contributed by atoms with Gasteiger partial charge in [0, 0.05) is 19.6 Å². The van der Waals surface area contributed by atoms with E-state index in [1.54, 1.807) is 0 Å². The molecule has 112 valence electrons. The Hall–Kier alpha value is -0.460. The molecule has 0 amide bonds. The number of hydrogen-bond acceptors (Lipinski definition) is 5. The third kappa shape index (κ3) is 2.12. The molecule has 0 unspecified atom stereocenters. The van der Waals surface area contributed by atoms with Crippen LogP contribution in [0.25, 0.3) is 0 Å². The van der Waals surface area contributed by atoms with Crippen LogP contribution in [0.1, 0.15) is 32.1 Å². The van der Waals surface area contributed by atoms with Crippen molar-refractivity contribution in [3.63, 3.8) is 0 Å². The highest BCUT2D eigenvalue weighted by molar-refractivity contribution is 5.13. The Bertz CT molecular complexity index is 398. The second kappa shape index (κ2) is 5.07. The summed E-state index contributed by atoms with van der Waals surface area (Å²) in [5, 5.41) is 10.5. The first-order valence-corrected chi connectivity index (χ1v) is 7.73. The predicted octanol–water partition coefficient (Wildman–Crippen LogP) is 1.15. The summed E-state index contributed by atoms with van der Waals surface area (Å²) in [4.78, 5) is 0. The summed E-state index contributed by atoms with van der Waals surface area (Å²) in [7, 11) is 0. The minimum Gasteiger partial charge on any atom is -0.387 e. The van der Waals surface area contributed by atoms with Gasteiger partial charge in [0.2, 0.25) is 5.79 Å². The van der Waals surface area contributed by atoms with Gasteiger partial charge in [-0.1, -0.05) is 6.08 Å². The molecular formula is C15H22O5. The zero-order valence-electron chi connectivity index (χ0n) is 11.6. The SMILES string of the molecule is O[C@H]1C[C@H]2OCCC[C@@H]2O[C@]12C=C[C@@H]1OCCC[C@H]1O2. The van der Waals surface area contributed by atoms with E-state index in [2.05, 4.69) is 0 Å². The molecule has 4 rings (SSSR count). The van der Waals surface area contributed by atoms with Crippen LogP contribution in [0, 0.1) is 0 Å². The molecule has 5 heteroatoms. The van der Waals surface area contributed by atoms with Crippen molar-refractivity contribution in [1.82, 2.24) is 0 Å². The first-order valence-electron chi connectivity index (χ1n) is 7.73. The van der Waals surface area contributed by atoms with E-state index in [0.29, 0.717) is 6.42 Å². The molecule has 0 radical (unpaired) electrons. The Morgan fingerprint density at radius 1 is 0.950 bits per heavy atom. The van der Waals surface area contributed by atoms with Gasteiger partial charge in [0.15, 0.2) is 0 Å². The fourth-order valence-electron chi connectivity index (χ4n) is 3.71. The van der Waals surface area contributed by atoms with Crippen molar-refractivity contribution < 1.29 is 24.1 Å². The molecule has 0 aromatic carbocycles. The second-order valence-electron chi connectivity index (χ2n) is 6.17. The molecular weight excluding hydrogens is 260 g/mol. The quantitative estimate of drug-likeness (QED) is 0.675. The molecule has 1 spiro atoms. The van der Waals surface area contributed by atoms with E-state index in [4.69, 9.17) is 18.9 Å². The molecule has 6 atom stereocenters. The maximum atomic E-state index is 10.5. The number of hydrogen-bond donors (Lipinski definition) is 1. The van der Waals surface area contributed by atoms with E-state index in [0.717, 1.165) is 38.9 Å². The Balaban J connectivity index is 1.56. The van der Waals surface area contributed by atoms with Gasteiger partial charge in [-0.3, -0.25) is 0 Å². The number of aliphatic hydroxyl groups is 1. The maximum absolute atomic E-state index is 10.5. The Morgan fingerprint density at radius 2 is 1.70 bits per heavy atom. The Morgan fingerprint density at radius 3 is 2.60 bits per heavy atom. The highest BCUT2D eigenvalue weighted by Crippen LogP contribution is 2.41. The van der Waals surface area contributed by atoms with E-state index in [9.17, 15) is 5.11 Å². The van der Waals surface area contributed by atoms with Crippen LogP contribution in [-0.2, 0) is 18.9 Å². The summed E-state index contributed by atoms with van der Waals surface area (Å²) >= 11 is 0. The lowest BCUT2D eigenvalue weighted by atomic mass is 9.89. The van der Waals surface area contributed by atoms with E-state index in [-0.39, 0.29) is 24.4 Å². The average Bonchev–Trinajstić information content (AvgIpc) is 2.48. The molecule has 0 saturated carbocycles. The van der Waals surface area contributed by atoms with E-state index in [1.807, 2.05) is 12.2 Å². The van der Waals surface area contributed by atoms with Gasteiger partial charge < -0.3 is 24.1 Å². The smallest absolute Gasteiger partial charge is 0.215 e. The van der Waals surface area contributed by atoms with Crippen LogP contribution in [0.5, 0.6) is 0 Å². The third-order valence-electron chi connectivity index (χ3n) is 4.80. The average molecular weight is 282 g/mol. The molecule has 1 N–H and O–H groups in total. The van der Waals surface area contributed by atoms with Crippen LogP contribution in [0.4, 0.5) is 0 Å². The van der Waals surface area contributed by atoms with Crippen molar-refractivity contribution in [3.8, 4) is 0 Å². The Labute approximate surface area is 118 Å². The van der Waals surface area contributed by atoms with Crippen LogP contribution < -0.4 is 0 Å². The summed E-state index contributed by atoms with van der Waals surface area (Å²) in [5.41, 5.74) is 0. The topological polar surface area (TPSA) is 57.2 Å². The fourth-order valence-corrected chi connectivity index (χ4v) is 3.71. The summed E-state index contributed by atoms with van der Waals surface area (Å²) in [6, 6.07) is 0. The lowest BCUT2D eigenvalue weighted by Crippen LogP contribution is -2.62. The van der Waals surface area contributed by atoms with Gasteiger partial charge in [-0.25, -0.2) is 0 Å². The molecule has 4 aliphatic rings. The van der Waals surface area contributed by atoms with Gasteiger partial charge in [0.25, 0.3) is 0 Å². The molecule has 3 saturated heterocycles. The molecule has 0 aromatic rings. The standard InChI is InChI=1S/C15H22O5/c16-14-9-13-12(4-2-8-18-13)20-15(14)6-5-10-11(19-15)3-1-7-17-10/h5-6,10-14,16H,1-4,7-9H2/t10-,11+,12-,13+,14-,15+/m0/s1. The number of aliphatic hydroxyl groups excluding tert-OH is 1. The van der Waals surface area contributed by atoms with E-state index in [1.165, 1.54) is 0 Å². The monoisotopic (exact) mass is 282 g/mol. The van der Waals surface area contributed by atoms with Gasteiger partial charge in [-0.2, -0.15) is 0 Å². The summed E-state index contributed by atoms with van der Waals surface area (Å²) in [6.07, 6.45) is 7.71. The molecule has 4 heterocycles. The van der Waals surface area contributed by atoms with Crippen LogP contribution >= 0.6 is 0 Å². The highest BCUT2D eigenvalue weighted by atomic mass is 16.7. The summed E-state index contributed by atoms with van der Waals surface area (Å²) in [5.74, 6) is -0.996. The van der Waals surface area contributed by atoms with E-state index >= 15 is 0 Å². The van der Waals surface area contributed by atoms with Crippen LogP contribution in [0.3, 0.4) is 0 Å². The number of ether oxygens (including phenoxy) is 4. The van der Waals surface area contributed by atoms with Crippen molar-refractivity contribution in [1.29, 1.82) is 0 Å². The normalized spacial score (nSPS) is 51.5. The lowest BCUT2D eigenvalue weighted by molar-refractivity contribution is -0.349. The largest absolute Gasteiger partial charge is 0.387 e. The molecule has 0 bridgehead atoms. The zero-order chi connectivity index (χ0) is 13.6. The maximum Gasteiger partial charge on any atom is 0.215 e. The van der Waals surface area contributed by atoms with Crippen molar-refractivity contribution in [2.24, 2.45) is 0 Å². The fraction of sp³-hybridized carbons (Fsp3) is 0.867. The van der Waals surface area contributed by atoms with Crippen molar-refractivity contribution >= 4 is 0 Å². The molecule has 5 nitrogen and oxygen atoms in total. The van der Waals surface area contributed by atoms with Gasteiger partial charge in [0.1, 0.15) is 12.2 Å². The van der Waals surface area contributed by atoms with Gasteiger partial charge in [-0.05, 0) is 31.8 Å². The van der Waals surface area contributed by atoms with Crippen LogP contribution in [0.15, 0.2) is 12.2 Å². The molecule has 3 fully saturated rings. The van der Waals surface area contributed by atoms with Gasteiger partial charge in [0.05, 0.1) is 18.3 Å². The summed E-state index contributed by atoms with van der Waals surface area (Å²) < 4.78 is 23.7. The van der Waals surface area contributed by atoms with Gasteiger partial charge >= 0.3 is 0 Å². The first kappa shape index (κ1) is 13.2. The van der Waals surface area contributed by atoms with Crippen LogP contribution in [0.2, 0.25) is 0 Å². The minimum atomic E-state index is -0.996. The molecule has 4 aliphatic heterocycles. The zero-order valence-corrected chi connectivity index (χ0v) is 11.6.